The molecule has 0 fully saturated rings. The number of carbonyl (C=O) groups is 1. The monoisotopic (exact) mass is 453 g/mol. The summed E-state index contributed by atoms with van der Waals surface area (Å²) in [4.78, 5) is 14.4. The second kappa shape index (κ2) is 8.16. The molecule has 0 saturated carbocycles. The summed E-state index contributed by atoms with van der Waals surface area (Å²) in [6, 6.07) is 15.8. The van der Waals surface area contributed by atoms with Gasteiger partial charge in [0.05, 0.1) is 11.8 Å². The van der Waals surface area contributed by atoms with Crippen molar-refractivity contribution in [3.63, 3.8) is 0 Å². The van der Waals surface area contributed by atoms with Crippen molar-refractivity contribution in [3.8, 4) is 11.5 Å². The fraction of sp³-hybridized carbons (Fsp3) is 0.167. The maximum Gasteiger partial charge on any atom is 0.416 e. The van der Waals surface area contributed by atoms with E-state index in [1.807, 2.05) is 11.0 Å². The normalized spacial score (nSPS) is 14.6. The summed E-state index contributed by atoms with van der Waals surface area (Å²) in [5, 5.41) is 3.99. The Morgan fingerprint density at radius 1 is 0.970 bits per heavy atom. The number of ether oxygens (including phenoxy) is 2. The Morgan fingerprint density at radius 3 is 2.64 bits per heavy atom. The second-order valence-corrected chi connectivity index (χ2v) is 7.70. The van der Waals surface area contributed by atoms with Gasteiger partial charge in [-0.15, -0.1) is 0 Å². The molecule has 0 atom stereocenters. The zero-order valence-electron chi connectivity index (χ0n) is 17.2. The average Bonchev–Trinajstić information content (AvgIpc) is 3.44. The average molecular weight is 453 g/mol. The number of carbonyl (C=O) groups excluding carboxylic acids is 1. The van der Waals surface area contributed by atoms with Crippen molar-refractivity contribution < 1.29 is 27.4 Å². The van der Waals surface area contributed by atoms with Crippen LogP contribution >= 0.6 is 0 Å². The van der Waals surface area contributed by atoms with E-state index in [9.17, 15) is 18.0 Å². The highest BCUT2D eigenvalue weighted by molar-refractivity contribution is 5.95. The second-order valence-electron chi connectivity index (χ2n) is 7.70. The molecule has 1 N–H and O–H groups in total. The van der Waals surface area contributed by atoms with E-state index in [0.29, 0.717) is 35.8 Å². The first kappa shape index (κ1) is 20.9. The van der Waals surface area contributed by atoms with Crippen LogP contribution in [0.3, 0.4) is 0 Å². The molecule has 0 saturated heterocycles. The molecule has 9 heteroatoms. The van der Waals surface area contributed by atoms with Gasteiger partial charge in [0.25, 0.3) is 5.91 Å². The van der Waals surface area contributed by atoms with Gasteiger partial charge in [-0.2, -0.15) is 18.3 Å². The summed E-state index contributed by atoms with van der Waals surface area (Å²) in [5.41, 5.74) is 5.31. The van der Waals surface area contributed by atoms with Gasteiger partial charge in [-0.3, -0.25) is 4.79 Å². The summed E-state index contributed by atoms with van der Waals surface area (Å²) < 4.78 is 49.7. The van der Waals surface area contributed by atoms with Gasteiger partial charge < -0.3 is 14.4 Å². The van der Waals surface area contributed by atoms with E-state index >= 15 is 0 Å². The lowest BCUT2D eigenvalue weighted by Gasteiger charge is -2.19. The minimum Gasteiger partial charge on any atom is -0.454 e. The number of hydrogen-bond acceptors (Lipinski definition) is 5. The highest BCUT2D eigenvalue weighted by Crippen LogP contribution is 2.35. The third-order valence-corrected chi connectivity index (χ3v) is 5.51. The molecule has 3 aromatic rings. The van der Waals surface area contributed by atoms with Crippen LogP contribution in [0.4, 0.5) is 18.9 Å². The van der Waals surface area contributed by atoms with Crippen molar-refractivity contribution in [2.24, 2.45) is 5.10 Å². The first-order chi connectivity index (χ1) is 15.9. The molecule has 33 heavy (non-hydrogen) atoms. The van der Waals surface area contributed by atoms with Crippen molar-refractivity contribution in [2.45, 2.75) is 19.3 Å². The first-order valence-corrected chi connectivity index (χ1v) is 10.1. The third kappa shape index (κ3) is 4.34. The Kier molecular flexibility index (Phi) is 5.16. The summed E-state index contributed by atoms with van der Waals surface area (Å²) in [6.45, 7) is 1.06. The third-order valence-electron chi connectivity index (χ3n) is 5.51. The molecule has 0 spiro atoms. The molecular weight excluding hydrogens is 435 g/mol. The number of hydrogen-bond donors (Lipinski definition) is 1. The van der Waals surface area contributed by atoms with Crippen molar-refractivity contribution in [1.29, 1.82) is 0 Å². The molecule has 0 bridgehead atoms. The zero-order valence-corrected chi connectivity index (χ0v) is 17.2. The number of alkyl halides is 3. The van der Waals surface area contributed by atoms with Crippen LogP contribution < -0.4 is 19.8 Å². The Morgan fingerprint density at radius 2 is 1.79 bits per heavy atom. The van der Waals surface area contributed by atoms with E-state index in [0.717, 1.165) is 28.8 Å². The van der Waals surface area contributed by atoms with E-state index in [1.165, 1.54) is 12.3 Å². The highest BCUT2D eigenvalue weighted by Gasteiger charge is 2.31. The Labute approximate surface area is 187 Å². The summed E-state index contributed by atoms with van der Waals surface area (Å²) in [5.74, 6) is 0.898. The first-order valence-electron chi connectivity index (χ1n) is 10.1. The number of nitrogens with zero attached hydrogens (tertiary/aromatic N) is 2. The van der Waals surface area contributed by atoms with Crippen LogP contribution in [-0.4, -0.2) is 18.9 Å². The van der Waals surface area contributed by atoms with Crippen molar-refractivity contribution in [3.05, 3.63) is 88.5 Å². The van der Waals surface area contributed by atoms with E-state index < -0.39 is 11.7 Å². The number of fused-ring (bicyclic) bond motifs is 2. The molecule has 2 aliphatic heterocycles. The lowest BCUT2D eigenvalue weighted by molar-refractivity contribution is -0.137. The Balaban J connectivity index is 1.25. The number of anilines is 1. The highest BCUT2D eigenvalue weighted by atomic mass is 19.4. The van der Waals surface area contributed by atoms with Gasteiger partial charge in [-0.1, -0.05) is 12.1 Å². The fourth-order valence-electron chi connectivity index (χ4n) is 3.82. The molecule has 2 aliphatic rings. The number of amides is 1. The molecule has 1 amide bonds. The van der Waals surface area contributed by atoms with Crippen molar-refractivity contribution in [1.82, 2.24) is 5.43 Å². The largest absolute Gasteiger partial charge is 0.454 e. The smallest absolute Gasteiger partial charge is 0.416 e. The summed E-state index contributed by atoms with van der Waals surface area (Å²) in [7, 11) is 0. The summed E-state index contributed by atoms with van der Waals surface area (Å²) >= 11 is 0. The van der Waals surface area contributed by atoms with Gasteiger partial charge in [0.1, 0.15) is 0 Å². The number of benzene rings is 3. The SMILES string of the molecule is O=C(NN=Cc1ccc2c(c1)OCO2)c1ccc2c(c1)CN(c1cccc(C(F)(F)F)c1)C2. The predicted octanol–water partition coefficient (Wildman–Crippen LogP) is 4.72. The summed E-state index contributed by atoms with van der Waals surface area (Å²) in [6.07, 6.45) is -2.89. The van der Waals surface area contributed by atoms with E-state index in [4.69, 9.17) is 9.47 Å². The van der Waals surface area contributed by atoms with Crippen LogP contribution in [0.25, 0.3) is 0 Å². The molecular formula is C24H18F3N3O3. The zero-order chi connectivity index (χ0) is 23.0. The Hall–Kier alpha value is -4.01. The maximum absolute atomic E-state index is 13.0. The van der Waals surface area contributed by atoms with Crippen LogP contribution in [0.2, 0.25) is 0 Å². The molecule has 168 valence electrons. The lowest BCUT2D eigenvalue weighted by Crippen LogP contribution is -2.18. The molecule has 0 aromatic heterocycles. The maximum atomic E-state index is 13.0. The molecule has 5 rings (SSSR count). The molecule has 0 radical (unpaired) electrons. The van der Waals surface area contributed by atoms with Crippen LogP contribution in [0.15, 0.2) is 65.8 Å². The molecule has 0 aliphatic carbocycles. The number of rotatable bonds is 4. The minimum absolute atomic E-state index is 0.177. The lowest BCUT2D eigenvalue weighted by atomic mass is 10.1. The van der Waals surface area contributed by atoms with E-state index in [1.54, 1.807) is 36.4 Å². The van der Waals surface area contributed by atoms with Crippen molar-refractivity contribution >= 4 is 17.8 Å². The van der Waals surface area contributed by atoms with Gasteiger partial charge in [-0.25, -0.2) is 5.43 Å². The number of halogens is 3. The van der Waals surface area contributed by atoms with Crippen molar-refractivity contribution in [2.75, 3.05) is 11.7 Å². The van der Waals surface area contributed by atoms with Gasteiger partial charge in [-0.05, 0) is 65.2 Å². The fourth-order valence-corrected chi connectivity index (χ4v) is 3.82. The van der Waals surface area contributed by atoms with Crippen LogP contribution in [0.1, 0.15) is 32.6 Å². The van der Waals surface area contributed by atoms with Crippen LogP contribution in [0.5, 0.6) is 11.5 Å². The van der Waals surface area contributed by atoms with Gasteiger partial charge >= 0.3 is 6.18 Å². The molecule has 0 unspecified atom stereocenters. The van der Waals surface area contributed by atoms with E-state index in [2.05, 4.69) is 10.5 Å². The molecule has 6 nitrogen and oxygen atoms in total. The van der Waals surface area contributed by atoms with E-state index in [-0.39, 0.29) is 12.7 Å². The quantitative estimate of drug-likeness (QED) is 0.459. The van der Waals surface area contributed by atoms with Gasteiger partial charge in [0, 0.05) is 24.3 Å². The van der Waals surface area contributed by atoms with Gasteiger partial charge in [0.15, 0.2) is 11.5 Å². The molecule has 3 aromatic carbocycles. The number of hydrazone groups is 1. The van der Waals surface area contributed by atoms with Gasteiger partial charge in [0.2, 0.25) is 6.79 Å². The minimum atomic E-state index is -4.39. The predicted molar refractivity (Wildman–Crippen MR) is 115 cm³/mol. The van der Waals surface area contributed by atoms with Crippen LogP contribution in [0, 0.1) is 0 Å². The van der Waals surface area contributed by atoms with Crippen LogP contribution in [-0.2, 0) is 19.3 Å². The molecule has 2 heterocycles. The standard InChI is InChI=1S/C24H18F3N3O3/c25-24(26,27)19-2-1-3-20(10-19)30-12-17-6-5-16(9-18(17)13-30)23(31)29-28-11-15-4-7-21-22(8-15)33-14-32-21/h1-11H,12-14H2,(H,29,31). The topological polar surface area (TPSA) is 63.2 Å². The Bertz CT molecular complexity index is 1260. The number of nitrogens with one attached hydrogen (secondary N) is 1.